The lowest BCUT2D eigenvalue weighted by atomic mass is 10.0. The lowest BCUT2D eigenvalue weighted by Crippen LogP contribution is -2.30. The molecule has 3 heteroatoms. The minimum Gasteiger partial charge on any atom is -0.307 e. The molecular formula is C13H18FNO. The molecule has 0 amide bonds. The van der Waals surface area contributed by atoms with Gasteiger partial charge in [-0.2, -0.15) is 0 Å². The molecule has 0 atom stereocenters. The second-order valence-electron chi connectivity index (χ2n) is 4.40. The van der Waals surface area contributed by atoms with E-state index in [-0.39, 0.29) is 23.9 Å². The Morgan fingerprint density at radius 3 is 2.50 bits per heavy atom. The van der Waals surface area contributed by atoms with E-state index in [4.69, 9.17) is 0 Å². The molecule has 2 nitrogen and oxygen atoms in total. The molecule has 1 N–H and O–H groups in total. The Kier molecular flexibility index (Phi) is 4.19. The van der Waals surface area contributed by atoms with E-state index < -0.39 is 5.82 Å². The number of ketones is 1. The molecule has 0 fully saturated rings. The van der Waals surface area contributed by atoms with Crippen LogP contribution in [0, 0.1) is 19.7 Å². The van der Waals surface area contributed by atoms with Crippen molar-refractivity contribution in [3.05, 3.63) is 34.6 Å². The smallest absolute Gasteiger partial charge is 0.179 e. The molecule has 88 valence electrons. The van der Waals surface area contributed by atoms with Crippen molar-refractivity contribution >= 4 is 5.78 Å². The molecule has 0 saturated heterocycles. The fourth-order valence-corrected chi connectivity index (χ4v) is 1.65. The van der Waals surface area contributed by atoms with E-state index in [1.165, 1.54) is 6.07 Å². The lowest BCUT2D eigenvalue weighted by molar-refractivity contribution is 0.0984. The second-order valence-corrected chi connectivity index (χ2v) is 4.40. The van der Waals surface area contributed by atoms with E-state index in [0.29, 0.717) is 5.56 Å². The molecule has 0 saturated carbocycles. The third kappa shape index (κ3) is 3.14. The van der Waals surface area contributed by atoms with Crippen LogP contribution in [0.1, 0.15) is 35.3 Å². The highest BCUT2D eigenvalue weighted by Crippen LogP contribution is 2.16. The number of halogens is 1. The summed E-state index contributed by atoms with van der Waals surface area (Å²) in [6, 6.07) is 3.44. The van der Waals surface area contributed by atoms with Crippen molar-refractivity contribution in [2.45, 2.75) is 33.7 Å². The average Bonchev–Trinajstić information content (AvgIpc) is 2.12. The van der Waals surface area contributed by atoms with Crippen LogP contribution in [0.5, 0.6) is 0 Å². The molecule has 0 aliphatic carbocycles. The summed E-state index contributed by atoms with van der Waals surface area (Å²) in [6.07, 6.45) is 0. The van der Waals surface area contributed by atoms with E-state index >= 15 is 0 Å². The van der Waals surface area contributed by atoms with Gasteiger partial charge >= 0.3 is 0 Å². The number of carbonyl (C=O) groups is 1. The number of carbonyl (C=O) groups excluding carboxylic acids is 1. The largest absolute Gasteiger partial charge is 0.307 e. The first-order valence-electron chi connectivity index (χ1n) is 5.45. The molecule has 16 heavy (non-hydrogen) atoms. The minimum atomic E-state index is -0.423. The van der Waals surface area contributed by atoms with Crippen LogP contribution < -0.4 is 5.32 Å². The van der Waals surface area contributed by atoms with Crippen LogP contribution in [0.2, 0.25) is 0 Å². The van der Waals surface area contributed by atoms with Crippen LogP contribution in [-0.2, 0) is 0 Å². The summed E-state index contributed by atoms with van der Waals surface area (Å²) >= 11 is 0. The predicted octanol–water partition coefficient (Wildman–Crippen LogP) is 2.62. The van der Waals surface area contributed by atoms with Crippen molar-refractivity contribution in [1.82, 2.24) is 5.32 Å². The summed E-state index contributed by atoms with van der Waals surface area (Å²) in [7, 11) is 0. The van der Waals surface area contributed by atoms with Crippen LogP contribution in [-0.4, -0.2) is 18.4 Å². The summed E-state index contributed by atoms with van der Waals surface area (Å²) in [5.41, 5.74) is 1.75. The van der Waals surface area contributed by atoms with Gasteiger partial charge in [-0.3, -0.25) is 4.79 Å². The summed E-state index contributed by atoms with van der Waals surface area (Å²) in [6.45, 7) is 7.66. The normalized spacial score (nSPS) is 10.9. The highest BCUT2D eigenvalue weighted by molar-refractivity contribution is 5.99. The third-order valence-corrected chi connectivity index (χ3v) is 2.38. The quantitative estimate of drug-likeness (QED) is 0.795. The fourth-order valence-electron chi connectivity index (χ4n) is 1.65. The number of aryl methyl sites for hydroxylation is 2. The number of hydrogen-bond acceptors (Lipinski definition) is 2. The topological polar surface area (TPSA) is 29.1 Å². The summed E-state index contributed by atoms with van der Waals surface area (Å²) in [5.74, 6) is -0.614. The maximum absolute atomic E-state index is 13.6. The Morgan fingerprint density at radius 2 is 2.00 bits per heavy atom. The standard InChI is InChI=1S/C13H18FNO/c1-8(2)15-7-12(16)13-10(4)5-9(3)6-11(13)14/h5-6,8,15H,7H2,1-4H3. The maximum atomic E-state index is 13.6. The van der Waals surface area contributed by atoms with Crippen LogP contribution in [0.25, 0.3) is 0 Å². The Labute approximate surface area is 95.9 Å². The molecule has 0 spiro atoms. The van der Waals surface area contributed by atoms with Gasteiger partial charge in [0, 0.05) is 6.04 Å². The molecule has 1 rings (SSSR count). The minimum absolute atomic E-state index is 0.179. The third-order valence-electron chi connectivity index (χ3n) is 2.38. The number of rotatable bonds is 4. The highest BCUT2D eigenvalue weighted by atomic mass is 19.1. The van der Waals surface area contributed by atoms with Gasteiger partial charge in [0.25, 0.3) is 0 Å². The zero-order valence-corrected chi connectivity index (χ0v) is 10.2. The Hall–Kier alpha value is -1.22. The highest BCUT2D eigenvalue weighted by Gasteiger charge is 2.15. The van der Waals surface area contributed by atoms with E-state index in [1.54, 1.807) is 6.92 Å². The molecule has 0 aromatic heterocycles. The SMILES string of the molecule is Cc1cc(C)c(C(=O)CNC(C)C)c(F)c1. The first-order chi connectivity index (χ1) is 7.41. The monoisotopic (exact) mass is 223 g/mol. The van der Waals surface area contributed by atoms with Gasteiger partial charge in [-0.25, -0.2) is 4.39 Å². The van der Waals surface area contributed by atoms with Gasteiger partial charge in [0.15, 0.2) is 5.78 Å². The van der Waals surface area contributed by atoms with Crippen molar-refractivity contribution < 1.29 is 9.18 Å². The second kappa shape index (κ2) is 5.21. The summed E-state index contributed by atoms with van der Waals surface area (Å²) in [4.78, 5) is 11.8. The van der Waals surface area contributed by atoms with Gasteiger partial charge in [-0.15, -0.1) is 0 Å². The van der Waals surface area contributed by atoms with Crippen molar-refractivity contribution in [2.24, 2.45) is 0 Å². The molecule has 0 radical (unpaired) electrons. The van der Waals surface area contributed by atoms with Crippen molar-refractivity contribution in [3.63, 3.8) is 0 Å². The van der Waals surface area contributed by atoms with Crippen LogP contribution >= 0.6 is 0 Å². The molecule has 0 aliphatic rings. The van der Waals surface area contributed by atoms with Gasteiger partial charge in [0.05, 0.1) is 12.1 Å². The Bertz CT molecular complexity index is 376. The fraction of sp³-hybridized carbons (Fsp3) is 0.462. The van der Waals surface area contributed by atoms with Gasteiger partial charge < -0.3 is 5.32 Å². The van der Waals surface area contributed by atoms with Crippen molar-refractivity contribution in [3.8, 4) is 0 Å². The zero-order chi connectivity index (χ0) is 12.3. The van der Waals surface area contributed by atoms with Gasteiger partial charge in [-0.05, 0) is 31.0 Å². The molecule has 1 aromatic carbocycles. The van der Waals surface area contributed by atoms with Crippen molar-refractivity contribution in [2.75, 3.05) is 6.54 Å². The molecular weight excluding hydrogens is 205 g/mol. The Morgan fingerprint density at radius 1 is 1.38 bits per heavy atom. The average molecular weight is 223 g/mol. The van der Waals surface area contributed by atoms with E-state index in [9.17, 15) is 9.18 Å². The molecule has 0 heterocycles. The summed E-state index contributed by atoms with van der Waals surface area (Å²) in [5, 5.41) is 3.00. The predicted molar refractivity (Wildman–Crippen MR) is 63.3 cm³/mol. The first kappa shape index (κ1) is 12.8. The van der Waals surface area contributed by atoms with E-state index in [1.807, 2.05) is 26.8 Å². The number of Topliss-reactive ketones (excluding diaryl/α,β-unsaturated/α-hetero) is 1. The van der Waals surface area contributed by atoms with Gasteiger partial charge in [-0.1, -0.05) is 19.9 Å². The molecule has 0 aliphatic heterocycles. The molecule has 0 bridgehead atoms. The first-order valence-corrected chi connectivity index (χ1v) is 5.45. The van der Waals surface area contributed by atoms with Crippen LogP contribution in [0.3, 0.4) is 0 Å². The number of hydrogen-bond donors (Lipinski definition) is 1. The Balaban J connectivity index is 2.91. The number of benzene rings is 1. The van der Waals surface area contributed by atoms with Crippen LogP contribution in [0.4, 0.5) is 4.39 Å². The van der Waals surface area contributed by atoms with E-state index in [0.717, 1.165) is 5.56 Å². The van der Waals surface area contributed by atoms with Gasteiger partial charge in [0.1, 0.15) is 5.82 Å². The van der Waals surface area contributed by atoms with Crippen LogP contribution in [0.15, 0.2) is 12.1 Å². The van der Waals surface area contributed by atoms with Crippen molar-refractivity contribution in [1.29, 1.82) is 0 Å². The van der Waals surface area contributed by atoms with E-state index in [2.05, 4.69) is 5.32 Å². The lowest BCUT2D eigenvalue weighted by Gasteiger charge is -2.10. The maximum Gasteiger partial charge on any atom is 0.179 e. The van der Waals surface area contributed by atoms with Gasteiger partial charge in [0.2, 0.25) is 0 Å². The molecule has 0 unspecified atom stereocenters. The zero-order valence-electron chi connectivity index (χ0n) is 10.2. The summed E-state index contributed by atoms with van der Waals surface area (Å²) < 4.78 is 13.6. The molecule has 1 aromatic rings. The number of nitrogens with one attached hydrogen (secondary N) is 1.